The van der Waals surface area contributed by atoms with Crippen molar-refractivity contribution in [2.24, 2.45) is 0 Å². The van der Waals surface area contributed by atoms with E-state index in [2.05, 4.69) is 114 Å². The normalized spacial score (nSPS) is 11.2. The molecule has 0 bridgehead atoms. The summed E-state index contributed by atoms with van der Waals surface area (Å²) in [5, 5.41) is 2.78. The van der Waals surface area contributed by atoms with Crippen molar-refractivity contribution in [1.29, 1.82) is 0 Å². The molecule has 0 atom stereocenters. The number of hydrogen-bond donors (Lipinski definition) is 0. The highest BCUT2D eigenvalue weighted by Crippen LogP contribution is 2.40. The fraction of sp³-hybridized carbons (Fsp3) is 0. The van der Waals surface area contributed by atoms with Crippen LogP contribution in [0.5, 0.6) is 0 Å². The largest absolute Gasteiger partial charge is 0.456 e. The van der Waals surface area contributed by atoms with Gasteiger partial charge in [0.25, 0.3) is 0 Å². The highest BCUT2D eigenvalue weighted by atomic mass is 35.5. The van der Waals surface area contributed by atoms with Crippen molar-refractivity contribution in [2.45, 2.75) is 0 Å². The molecule has 2 nitrogen and oxygen atoms in total. The molecule has 0 aliphatic carbocycles. The summed E-state index contributed by atoms with van der Waals surface area (Å²) >= 11 is 6.23. The maximum Gasteiger partial charge on any atom is 0.136 e. The Morgan fingerprint density at radius 2 is 0.923 bits per heavy atom. The van der Waals surface area contributed by atoms with E-state index in [4.69, 9.17) is 16.0 Å². The average molecular weight is 522 g/mol. The third-order valence-corrected chi connectivity index (χ3v) is 7.38. The SMILES string of the molecule is Clc1ccc2c(c1)oc1ccc(N(c3ccc(-c4ccccc4)cc3)c3ccc(-c4ccccc4)cc3)cc12. The van der Waals surface area contributed by atoms with E-state index in [1.165, 1.54) is 22.3 Å². The van der Waals surface area contributed by atoms with Gasteiger partial charge in [0.1, 0.15) is 11.2 Å². The fourth-order valence-electron chi connectivity index (χ4n) is 5.19. The van der Waals surface area contributed by atoms with E-state index in [0.717, 1.165) is 39.0 Å². The second kappa shape index (κ2) is 9.83. The van der Waals surface area contributed by atoms with Gasteiger partial charge < -0.3 is 9.32 Å². The maximum absolute atomic E-state index is 6.23. The van der Waals surface area contributed by atoms with Gasteiger partial charge in [-0.05, 0) is 76.9 Å². The molecular formula is C36H24ClNO. The molecule has 0 radical (unpaired) electrons. The molecule has 0 saturated carbocycles. The lowest BCUT2D eigenvalue weighted by molar-refractivity contribution is 0.669. The van der Waals surface area contributed by atoms with Crippen molar-refractivity contribution >= 4 is 50.6 Å². The van der Waals surface area contributed by atoms with Crippen molar-refractivity contribution in [3.8, 4) is 22.3 Å². The lowest BCUT2D eigenvalue weighted by atomic mass is 10.0. The minimum atomic E-state index is 0.667. The minimum absolute atomic E-state index is 0.667. The number of nitrogens with zero attached hydrogens (tertiary/aromatic N) is 1. The Balaban J connectivity index is 1.35. The van der Waals surface area contributed by atoms with Crippen LogP contribution >= 0.6 is 11.6 Å². The van der Waals surface area contributed by atoms with Gasteiger partial charge >= 0.3 is 0 Å². The molecule has 0 N–H and O–H groups in total. The Labute approximate surface area is 232 Å². The Hall–Kier alpha value is -4.79. The first kappa shape index (κ1) is 23.3. The fourth-order valence-corrected chi connectivity index (χ4v) is 5.35. The van der Waals surface area contributed by atoms with Gasteiger partial charge in [-0.3, -0.25) is 0 Å². The predicted octanol–water partition coefficient (Wildman–Crippen LogP) is 11.0. The molecule has 0 amide bonds. The molecule has 0 aliphatic heterocycles. The lowest BCUT2D eigenvalue weighted by Gasteiger charge is -2.26. The van der Waals surface area contributed by atoms with Crippen LogP contribution in [-0.2, 0) is 0 Å². The number of benzene rings is 6. The van der Waals surface area contributed by atoms with Crippen molar-refractivity contribution in [2.75, 3.05) is 4.90 Å². The number of halogens is 1. The quantitative estimate of drug-likeness (QED) is 0.224. The summed E-state index contributed by atoms with van der Waals surface area (Å²) in [5.74, 6) is 0. The van der Waals surface area contributed by atoms with Crippen molar-refractivity contribution < 1.29 is 4.42 Å². The second-order valence-electron chi connectivity index (χ2n) is 9.58. The molecule has 1 heterocycles. The number of anilines is 3. The molecule has 0 spiro atoms. The van der Waals surface area contributed by atoms with Crippen LogP contribution in [0, 0.1) is 0 Å². The summed E-state index contributed by atoms with van der Waals surface area (Å²) in [4.78, 5) is 2.29. The molecule has 186 valence electrons. The second-order valence-corrected chi connectivity index (χ2v) is 10.0. The Bertz CT molecular complexity index is 1810. The van der Waals surface area contributed by atoms with Crippen LogP contribution in [0.25, 0.3) is 44.2 Å². The first-order valence-corrected chi connectivity index (χ1v) is 13.3. The van der Waals surface area contributed by atoms with Crippen LogP contribution in [0.15, 0.2) is 150 Å². The highest BCUT2D eigenvalue weighted by molar-refractivity contribution is 6.31. The van der Waals surface area contributed by atoms with Crippen LogP contribution in [0.4, 0.5) is 17.1 Å². The zero-order valence-electron chi connectivity index (χ0n) is 21.1. The lowest BCUT2D eigenvalue weighted by Crippen LogP contribution is -2.09. The molecule has 0 unspecified atom stereocenters. The van der Waals surface area contributed by atoms with Crippen LogP contribution in [-0.4, -0.2) is 0 Å². The number of hydrogen-bond acceptors (Lipinski definition) is 2. The summed E-state index contributed by atoms with van der Waals surface area (Å²) in [5.41, 5.74) is 9.63. The smallest absolute Gasteiger partial charge is 0.136 e. The van der Waals surface area contributed by atoms with Gasteiger partial charge in [0.2, 0.25) is 0 Å². The first-order chi connectivity index (χ1) is 19.2. The highest BCUT2D eigenvalue weighted by Gasteiger charge is 2.16. The molecule has 0 fully saturated rings. The zero-order valence-corrected chi connectivity index (χ0v) is 21.8. The average Bonchev–Trinajstić information content (AvgIpc) is 3.36. The molecule has 0 aliphatic rings. The molecule has 3 heteroatoms. The van der Waals surface area contributed by atoms with E-state index in [9.17, 15) is 0 Å². The summed E-state index contributed by atoms with van der Waals surface area (Å²) in [6.07, 6.45) is 0. The molecule has 1 aromatic heterocycles. The Kier molecular flexibility index (Phi) is 5.88. The van der Waals surface area contributed by atoms with Crippen molar-refractivity contribution in [3.05, 3.63) is 151 Å². The molecule has 7 rings (SSSR count). The number of furan rings is 1. The van der Waals surface area contributed by atoms with E-state index in [0.29, 0.717) is 5.02 Å². The molecule has 7 aromatic rings. The van der Waals surface area contributed by atoms with E-state index < -0.39 is 0 Å². The molecular weight excluding hydrogens is 498 g/mol. The van der Waals surface area contributed by atoms with Gasteiger partial charge in [-0.1, -0.05) is 96.5 Å². The molecule has 6 aromatic carbocycles. The maximum atomic E-state index is 6.23. The standard InChI is InChI=1S/C36H24ClNO/c37-29-15-21-33-34-24-32(20-22-35(34)39-36(33)23-29)38(30-16-11-27(12-17-30)25-7-3-1-4-8-25)31-18-13-28(14-19-31)26-9-5-2-6-10-26/h1-24H. The van der Waals surface area contributed by atoms with Gasteiger partial charge in [0, 0.05) is 38.9 Å². The van der Waals surface area contributed by atoms with E-state index in [1.807, 2.05) is 36.4 Å². The van der Waals surface area contributed by atoms with Gasteiger partial charge in [0.15, 0.2) is 0 Å². The molecule has 39 heavy (non-hydrogen) atoms. The van der Waals surface area contributed by atoms with E-state index in [-0.39, 0.29) is 0 Å². The summed E-state index contributed by atoms with van der Waals surface area (Å²) < 4.78 is 6.11. The van der Waals surface area contributed by atoms with Gasteiger partial charge in [0.05, 0.1) is 0 Å². The van der Waals surface area contributed by atoms with Crippen molar-refractivity contribution in [1.82, 2.24) is 0 Å². The van der Waals surface area contributed by atoms with Crippen LogP contribution < -0.4 is 4.90 Å². The summed E-state index contributed by atoms with van der Waals surface area (Å²) in [6, 6.07) is 50.6. The monoisotopic (exact) mass is 521 g/mol. The Morgan fingerprint density at radius 1 is 0.410 bits per heavy atom. The van der Waals surface area contributed by atoms with E-state index in [1.54, 1.807) is 0 Å². The zero-order chi connectivity index (χ0) is 26.2. The van der Waals surface area contributed by atoms with Crippen LogP contribution in [0.1, 0.15) is 0 Å². The van der Waals surface area contributed by atoms with E-state index >= 15 is 0 Å². The number of fused-ring (bicyclic) bond motifs is 3. The van der Waals surface area contributed by atoms with Gasteiger partial charge in [-0.25, -0.2) is 0 Å². The van der Waals surface area contributed by atoms with Crippen LogP contribution in [0.2, 0.25) is 5.02 Å². The Morgan fingerprint density at radius 3 is 1.49 bits per heavy atom. The third kappa shape index (κ3) is 4.46. The van der Waals surface area contributed by atoms with Crippen molar-refractivity contribution in [3.63, 3.8) is 0 Å². The molecule has 0 saturated heterocycles. The van der Waals surface area contributed by atoms with Crippen LogP contribution in [0.3, 0.4) is 0 Å². The topological polar surface area (TPSA) is 16.4 Å². The third-order valence-electron chi connectivity index (χ3n) is 7.14. The first-order valence-electron chi connectivity index (χ1n) is 13.0. The predicted molar refractivity (Wildman–Crippen MR) is 164 cm³/mol. The van der Waals surface area contributed by atoms with Gasteiger partial charge in [-0.2, -0.15) is 0 Å². The minimum Gasteiger partial charge on any atom is -0.456 e. The summed E-state index contributed by atoms with van der Waals surface area (Å²) in [7, 11) is 0. The van der Waals surface area contributed by atoms with Gasteiger partial charge in [-0.15, -0.1) is 0 Å². The summed E-state index contributed by atoms with van der Waals surface area (Å²) in [6.45, 7) is 0. The number of rotatable bonds is 5.